The second-order valence-electron chi connectivity index (χ2n) is 5.44. The molecule has 0 fully saturated rings. The summed E-state index contributed by atoms with van der Waals surface area (Å²) >= 11 is 0. The summed E-state index contributed by atoms with van der Waals surface area (Å²) in [6.45, 7) is 2.94. The summed E-state index contributed by atoms with van der Waals surface area (Å²) in [4.78, 5) is 0. The molecule has 0 aliphatic heterocycles. The number of rotatable bonds is 5. The van der Waals surface area contributed by atoms with E-state index in [1.54, 1.807) is 12.1 Å². The third-order valence-corrected chi connectivity index (χ3v) is 4.26. The maximum Gasteiger partial charge on any atom is 0.165 e. The average molecular weight is 285 g/mol. The first-order valence-corrected chi connectivity index (χ1v) is 7.39. The Morgan fingerprint density at radius 3 is 2.76 bits per heavy atom. The second kappa shape index (κ2) is 5.86. The van der Waals surface area contributed by atoms with Crippen LogP contribution in [-0.2, 0) is 6.42 Å². The Balaban J connectivity index is 1.91. The fourth-order valence-electron chi connectivity index (χ4n) is 3.18. The van der Waals surface area contributed by atoms with Crippen molar-refractivity contribution in [3.8, 4) is 5.75 Å². The Hall–Kier alpha value is -1.87. The minimum atomic E-state index is -0.300. The van der Waals surface area contributed by atoms with Crippen LogP contribution < -0.4 is 10.1 Å². The molecule has 3 heteroatoms. The van der Waals surface area contributed by atoms with Gasteiger partial charge in [0, 0.05) is 12.0 Å². The number of fused-ring (bicyclic) bond motifs is 1. The fraction of sp³-hybridized carbons (Fsp3) is 0.333. The normalized spacial score (nSPS) is 17.8. The molecule has 2 atom stereocenters. The predicted octanol–water partition coefficient (Wildman–Crippen LogP) is 3.82. The molecule has 2 aromatic rings. The van der Waals surface area contributed by atoms with Crippen molar-refractivity contribution in [2.75, 3.05) is 13.7 Å². The van der Waals surface area contributed by atoms with Crippen LogP contribution in [0.4, 0.5) is 4.39 Å². The molecule has 3 rings (SSSR count). The molecule has 21 heavy (non-hydrogen) atoms. The SMILES string of the molecule is CCNC(c1ccc(OC)c(F)c1)C1Cc2ccccc21. The van der Waals surface area contributed by atoms with Gasteiger partial charge in [-0.15, -0.1) is 0 Å². The van der Waals surface area contributed by atoms with Crippen LogP contribution in [0.15, 0.2) is 42.5 Å². The molecule has 1 N–H and O–H groups in total. The summed E-state index contributed by atoms with van der Waals surface area (Å²) in [5, 5.41) is 3.50. The van der Waals surface area contributed by atoms with Crippen molar-refractivity contribution in [3.63, 3.8) is 0 Å². The minimum absolute atomic E-state index is 0.144. The lowest BCUT2D eigenvalue weighted by Gasteiger charge is -2.37. The molecule has 2 aromatic carbocycles. The molecule has 0 saturated carbocycles. The van der Waals surface area contributed by atoms with Gasteiger partial charge in [0.1, 0.15) is 0 Å². The first-order chi connectivity index (χ1) is 10.2. The highest BCUT2D eigenvalue weighted by Gasteiger charge is 2.33. The van der Waals surface area contributed by atoms with Crippen LogP contribution in [0.5, 0.6) is 5.75 Å². The zero-order valence-corrected chi connectivity index (χ0v) is 12.4. The molecule has 0 bridgehead atoms. The number of ether oxygens (including phenoxy) is 1. The molecule has 0 saturated heterocycles. The van der Waals surface area contributed by atoms with E-state index < -0.39 is 0 Å². The van der Waals surface area contributed by atoms with Crippen LogP contribution >= 0.6 is 0 Å². The predicted molar refractivity (Wildman–Crippen MR) is 82.3 cm³/mol. The zero-order chi connectivity index (χ0) is 14.8. The number of hydrogen-bond acceptors (Lipinski definition) is 2. The van der Waals surface area contributed by atoms with Crippen molar-refractivity contribution in [2.24, 2.45) is 0 Å². The van der Waals surface area contributed by atoms with Gasteiger partial charge < -0.3 is 10.1 Å². The molecule has 1 aliphatic carbocycles. The Bertz CT molecular complexity index is 641. The van der Waals surface area contributed by atoms with E-state index in [-0.39, 0.29) is 11.9 Å². The lowest BCUT2D eigenvalue weighted by molar-refractivity contribution is 0.382. The van der Waals surface area contributed by atoms with Gasteiger partial charge in [-0.1, -0.05) is 37.3 Å². The zero-order valence-electron chi connectivity index (χ0n) is 12.4. The van der Waals surface area contributed by atoms with Gasteiger partial charge in [0.05, 0.1) is 7.11 Å². The second-order valence-corrected chi connectivity index (χ2v) is 5.44. The van der Waals surface area contributed by atoms with Gasteiger partial charge in [-0.2, -0.15) is 0 Å². The quantitative estimate of drug-likeness (QED) is 0.901. The van der Waals surface area contributed by atoms with E-state index in [0.717, 1.165) is 18.5 Å². The summed E-state index contributed by atoms with van der Waals surface area (Å²) in [6, 6.07) is 13.9. The molecule has 2 nitrogen and oxygen atoms in total. The highest BCUT2D eigenvalue weighted by molar-refractivity contribution is 5.44. The van der Waals surface area contributed by atoms with Gasteiger partial charge in [0.2, 0.25) is 0 Å². The van der Waals surface area contributed by atoms with Gasteiger partial charge in [-0.3, -0.25) is 0 Å². The van der Waals surface area contributed by atoms with Crippen LogP contribution in [0.3, 0.4) is 0 Å². The van der Waals surface area contributed by atoms with Crippen LogP contribution in [-0.4, -0.2) is 13.7 Å². The molecule has 0 spiro atoms. The third kappa shape index (κ3) is 2.54. The fourth-order valence-corrected chi connectivity index (χ4v) is 3.18. The highest BCUT2D eigenvalue weighted by Crippen LogP contribution is 2.43. The molecule has 0 radical (unpaired) electrons. The summed E-state index contributed by atoms with van der Waals surface area (Å²) in [7, 11) is 1.49. The maximum atomic E-state index is 14.0. The number of hydrogen-bond donors (Lipinski definition) is 1. The minimum Gasteiger partial charge on any atom is -0.494 e. The average Bonchev–Trinajstić information content (AvgIpc) is 2.47. The topological polar surface area (TPSA) is 21.3 Å². The van der Waals surface area contributed by atoms with Crippen molar-refractivity contribution in [1.29, 1.82) is 0 Å². The van der Waals surface area contributed by atoms with Crippen molar-refractivity contribution in [3.05, 3.63) is 65.0 Å². The highest BCUT2D eigenvalue weighted by atomic mass is 19.1. The third-order valence-electron chi connectivity index (χ3n) is 4.26. The Morgan fingerprint density at radius 2 is 2.10 bits per heavy atom. The van der Waals surface area contributed by atoms with Crippen molar-refractivity contribution in [2.45, 2.75) is 25.3 Å². The first-order valence-electron chi connectivity index (χ1n) is 7.39. The molecular formula is C18H20FNO. The van der Waals surface area contributed by atoms with Crippen LogP contribution in [0.1, 0.15) is 35.6 Å². The number of methoxy groups -OCH3 is 1. The van der Waals surface area contributed by atoms with E-state index in [4.69, 9.17) is 4.74 Å². The molecule has 0 amide bonds. The lowest BCUT2D eigenvalue weighted by atomic mass is 9.71. The van der Waals surface area contributed by atoms with Gasteiger partial charge in [0.15, 0.2) is 11.6 Å². The molecule has 110 valence electrons. The first kappa shape index (κ1) is 14.1. The van der Waals surface area contributed by atoms with Crippen molar-refractivity contribution >= 4 is 0 Å². The molecular weight excluding hydrogens is 265 g/mol. The van der Waals surface area contributed by atoms with Crippen LogP contribution in [0, 0.1) is 5.82 Å². The number of benzene rings is 2. The molecule has 0 heterocycles. The van der Waals surface area contributed by atoms with E-state index in [1.165, 1.54) is 18.2 Å². The summed E-state index contributed by atoms with van der Waals surface area (Å²) in [5.74, 6) is 0.405. The van der Waals surface area contributed by atoms with E-state index in [1.807, 2.05) is 6.07 Å². The summed E-state index contributed by atoms with van der Waals surface area (Å²) in [6.07, 6.45) is 1.04. The summed E-state index contributed by atoms with van der Waals surface area (Å²) in [5.41, 5.74) is 3.76. The number of halogens is 1. The molecule has 1 aliphatic rings. The monoisotopic (exact) mass is 285 g/mol. The molecule has 0 aromatic heterocycles. The standard InChI is InChI=1S/C18H20FNO/c1-3-20-18(13-8-9-17(21-2)16(19)11-13)15-10-12-6-4-5-7-14(12)15/h4-9,11,15,18,20H,3,10H2,1-2H3. The Kier molecular flexibility index (Phi) is 3.93. The maximum absolute atomic E-state index is 14.0. The van der Waals surface area contributed by atoms with Crippen LogP contribution in [0.25, 0.3) is 0 Å². The largest absolute Gasteiger partial charge is 0.494 e. The van der Waals surface area contributed by atoms with Gasteiger partial charge in [-0.05, 0) is 41.8 Å². The lowest BCUT2D eigenvalue weighted by Crippen LogP contribution is -2.33. The van der Waals surface area contributed by atoms with Gasteiger partial charge in [-0.25, -0.2) is 4.39 Å². The van der Waals surface area contributed by atoms with E-state index >= 15 is 0 Å². The van der Waals surface area contributed by atoms with E-state index in [0.29, 0.717) is 11.7 Å². The van der Waals surface area contributed by atoms with Crippen LogP contribution in [0.2, 0.25) is 0 Å². The van der Waals surface area contributed by atoms with Gasteiger partial charge in [0.25, 0.3) is 0 Å². The van der Waals surface area contributed by atoms with Crippen molar-refractivity contribution in [1.82, 2.24) is 5.32 Å². The molecule has 2 unspecified atom stereocenters. The van der Waals surface area contributed by atoms with E-state index in [2.05, 4.69) is 36.5 Å². The smallest absolute Gasteiger partial charge is 0.165 e. The Labute approximate surface area is 125 Å². The van der Waals surface area contributed by atoms with Gasteiger partial charge >= 0.3 is 0 Å². The van der Waals surface area contributed by atoms with Crippen molar-refractivity contribution < 1.29 is 9.13 Å². The number of nitrogens with one attached hydrogen (secondary N) is 1. The summed E-state index contributed by atoms with van der Waals surface area (Å²) < 4.78 is 19.0. The van der Waals surface area contributed by atoms with E-state index in [9.17, 15) is 4.39 Å². The Morgan fingerprint density at radius 1 is 1.29 bits per heavy atom. The number of likely N-dealkylation sites (N-methyl/N-ethyl adjacent to an activating group) is 1.